The van der Waals surface area contributed by atoms with Crippen molar-refractivity contribution in [3.8, 4) is 0 Å². The molecular weight excluding hydrogens is 347 g/mol. The van der Waals surface area contributed by atoms with Crippen LogP contribution in [0, 0.1) is 23.3 Å². The first-order valence-electron chi connectivity index (χ1n) is 5.13. The van der Waals surface area contributed by atoms with Crippen molar-refractivity contribution in [2.45, 2.75) is 4.83 Å². The van der Waals surface area contributed by atoms with Crippen LogP contribution < -0.4 is 0 Å². The van der Waals surface area contributed by atoms with Crippen LogP contribution in [0.3, 0.4) is 0 Å². The summed E-state index contributed by atoms with van der Waals surface area (Å²) in [6.45, 7) is 0. The summed E-state index contributed by atoms with van der Waals surface area (Å²) >= 11 is 8.97. The third kappa shape index (κ3) is 3.09. The second kappa shape index (κ2) is 5.51. The summed E-state index contributed by atoms with van der Waals surface area (Å²) in [6.07, 6.45) is 0. The van der Waals surface area contributed by atoms with Gasteiger partial charge in [-0.1, -0.05) is 27.5 Å². The molecule has 0 aliphatic carbocycles. The van der Waals surface area contributed by atoms with Crippen molar-refractivity contribution in [2.24, 2.45) is 0 Å². The van der Waals surface area contributed by atoms with Crippen LogP contribution in [0.1, 0.15) is 16.0 Å². The summed E-state index contributed by atoms with van der Waals surface area (Å²) in [5.41, 5.74) is 0.399. The Balaban J connectivity index is 2.49. The van der Waals surface area contributed by atoms with Crippen molar-refractivity contribution < 1.29 is 17.6 Å². The Hall–Kier alpha value is -1.07. The number of hydrogen-bond acceptors (Lipinski definition) is 0. The van der Waals surface area contributed by atoms with Crippen LogP contribution in [0.5, 0.6) is 0 Å². The van der Waals surface area contributed by atoms with E-state index in [1.165, 1.54) is 0 Å². The summed E-state index contributed by atoms with van der Waals surface area (Å²) in [7, 11) is 0. The summed E-state index contributed by atoms with van der Waals surface area (Å²) < 4.78 is 52.4. The minimum absolute atomic E-state index is 0.0366. The molecule has 1 atom stereocenters. The van der Waals surface area contributed by atoms with Crippen LogP contribution in [0.2, 0.25) is 5.02 Å². The van der Waals surface area contributed by atoms with Gasteiger partial charge in [-0.05, 0) is 35.4 Å². The molecule has 0 aromatic heterocycles. The third-order valence-corrected chi connectivity index (χ3v) is 3.84. The summed E-state index contributed by atoms with van der Waals surface area (Å²) in [5.74, 6) is -3.70. The van der Waals surface area contributed by atoms with Gasteiger partial charge in [-0.15, -0.1) is 0 Å². The average Bonchev–Trinajstić information content (AvgIpc) is 2.31. The summed E-state index contributed by atoms with van der Waals surface area (Å²) in [5, 5.41) is -0.0366. The fourth-order valence-electron chi connectivity index (χ4n) is 1.63. The largest absolute Gasteiger partial charge is 0.207 e. The Kier molecular flexibility index (Phi) is 4.16. The maximum absolute atomic E-state index is 13.2. The van der Waals surface area contributed by atoms with E-state index in [9.17, 15) is 17.6 Å². The van der Waals surface area contributed by atoms with Crippen LogP contribution >= 0.6 is 27.5 Å². The van der Waals surface area contributed by atoms with Gasteiger partial charge in [-0.3, -0.25) is 0 Å². The zero-order chi connectivity index (χ0) is 14.2. The van der Waals surface area contributed by atoms with Crippen molar-refractivity contribution in [2.75, 3.05) is 0 Å². The summed E-state index contributed by atoms with van der Waals surface area (Å²) in [4.78, 5) is -0.750. The molecule has 2 aromatic rings. The Morgan fingerprint density at radius 2 is 1.37 bits per heavy atom. The lowest BCUT2D eigenvalue weighted by molar-refractivity contribution is 0.507. The molecule has 100 valence electrons. The predicted octanol–water partition coefficient (Wildman–Crippen LogP) is 5.38. The van der Waals surface area contributed by atoms with Gasteiger partial charge < -0.3 is 0 Å². The minimum atomic E-state index is -1.08. The first-order chi connectivity index (χ1) is 8.88. The fourth-order valence-corrected chi connectivity index (χ4v) is 2.67. The van der Waals surface area contributed by atoms with Gasteiger partial charge in [0.2, 0.25) is 0 Å². The van der Waals surface area contributed by atoms with E-state index in [1.54, 1.807) is 0 Å². The minimum Gasteiger partial charge on any atom is -0.207 e. The van der Waals surface area contributed by atoms with E-state index >= 15 is 0 Å². The van der Waals surface area contributed by atoms with Crippen molar-refractivity contribution in [3.63, 3.8) is 0 Å². The third-order valence-electron chi connectivity index (χ3n) is 2.49. The molecular formula is C13H6BrClF4. The van der Waals surface area contributed by atoms with E-state index in [-0.39, 0.29) is 16.1 Å². The lowest BCUT2D eigenvalue weighted by atomic mass is 10.0. The van der Waals surface area contributed by atoms with Crippen LogP contribution in [0.4, 0.5) is 17.6 Å². The van der Waals surface area contributed by atoms with E-state index in [2.05, 4.69) is 15.9 Å². The molecule has 0 spiro atoms. The predicted molar refractivity (Wildman–Crippen MR) is 68.5 cm³/mol. The quantitative estimate of drug-likeness (QED) is 0.386. The van der Waals surface area contributed by atoms with Gasteiger partial charge in [0.1, 0.15) is 11.6 Å². The SMILES string of the molecule is Fc1cc(F)cc(C(Br)c2cc(F)c(F)cc2Cl)c1. The lowest BCUT2D eigenvalue weighted by Gasteiger charge is -2.13. The standard InChI is InChI=1S/C13H6BrClF4/c14-13(6-1-7(16)3-8(17)2-6)9-4-11(18)12(19)5-10(9)15/h1-5,13H. The van der Waals surface area contributed by atoms with Crippen LogP contribution in [-0.2, 0) is 0 Å². The molecule has 0 fully saturated rings. The number of rotatable bonds is 2. The van der Waals surface area contributed by atoms with E-state index < -0.39 is 28.1 Å². The van der Waals surface area contributed by atoms with Crippen LogP contribution in [-0.4, -0.2) is 0 Å². The molecule has 2 rings (SSSR count). The van der Waals surface area contributed by atoms with E-state index in [4.69, 9.17) is 11.6 Å². The molecule has 0 heterocycles. The van der Waals surface area contributed by atoms with Gasteiger partial charge in [0, 0.05) is 11.1 Å². The molecule has 0 bridgehead atoms. The average molecular weight is 354 g/mol. The van der Waals surface area contributed by atoms with Gasteiger partial charge in [0.15, 0.2) is 11.6 Å². The molecule has 2 aromatic carbocycles. The molecule has 0 saturated carbocycles. The second-order valence-corrected chi connectivity index (χ2v) is 5.18. The highest BCUT2D eigenvalue weighted by molar-refractivity contribution is 9.09. The van der Waals surface area contributed by atoms with Crippen molar-refractivity contribution in [1.82, 2.24) is 0 Å². The first kappa shape index (κ1) is 14.3. The molecule has 0 amide bonds. The molecule has 0 aliphatic heterocycles. The first-order valence-corrected chi connectivity index (χ1v) is 6.42. The van der Waals surface area contributed by atoms with E-state index in [0.717, 1.165) is 30.3 Å². The van der Waals surface area contributed by atoms with Crippen molar-refractivity contribution >= 4 is 27.5 Å². The number of alkyl halides is 1. The van der Waals surface area contributed by atoms with E-state index in [1.807, 2.05) is 0 Å². The van der Waals surface area contributed by atoms with Gasteiger partial charge in [0.25, 0.3) is 0 Å². The topological polar surface area (TPSA) is 0 Å². The Bertz CT molecular complexity index is 610. The highest BCUT2D eigenvalue weighted by atomic mass is 79.9. The monoisotopic (exact) mass is 352 g/mol. The van der Waals surface area contributed by atoms with Crippen LogP contribution in [0.15, 0.2) is 30.3 Å². The highest BCUT2D eigenvalue weighted by Crippen LogP contribution is 2.36. The lowest BCUT2D eigenvalue weighted by Crippen LogP contribution is -1.98. The zero-order valence-electron chi connectivity index (χ0n) is 9.23. The second-order valence-electron chi connectivity index (χ2n) is 3.85. The van der Waals surface area contributed by atoms with Gasteiger partial charge in [-0.25, -0.2) is 17.6 Å². The molecule has 0 radical (unpaired) electrons. The van der Waals surface area contributed by atoms with Gasteiger partial charge >= 0.3 is 0 Å². The number of hydrogen-bond donors (Lipinski definition) is 0. The molecule has 0 saturated heterocycles. The van der Waals surface area contributed by atoms with E-state index in [0.29, 0.717) is 0 Å². The van der Waals surface area contributed by atoms with Gasteiger partial charge in [0.05, 0.1) is 4.83 Å². The normalized spacial score (nSPS) is 12.5. The smallest absolute Gasteiger partial charge is 0.160 e. The fraction of sp³-hybridized carbons (Fsp3) is 0.0769. The molecule has 1 unspecified atom stereocenters. The number of benzene rings is 2. The molecule has 6 heteroatoms. The zero-order valence-corrected chi connectivity index (χ0v) is 11.6. The van der Waals surface area contributed by atoms with Crippen LogP contribution in [0.25, 0.3) is 0 Å². The highest BCUT2D eigenvalue weighted by Gasteiger charge is 2.18. The van der Waals surface area contributed by atoms with Gasteiger partial charge in [-0.2, -0.15) is 0 Å². The summed E-state index contributed by atoms with van der Waals surface area (Å²) in [6, 6.07) is 4.59. The molecule has 19 heavy (non-hydrogen) atoms. The Labute approximate surface area is 120 Å². The molecule has 0 N–H and O–H groups in total. The Morgan fingerprint density at radius 1 is 0.842 bits per heavy atom. The Morgan fingerprint density at radius 3 is 1.95 bits per heavy atom. The number of halogens is 6. The molecule has 0 aliphatic rings. The van der Waals surface area contributed by atoms with Crippen molar-refractivity contribution in [1.29, 1.82) is 0 Å². The maximum Gasteiger partial charge on any atom is 0.160 e. The maximum atomic E-state index is 13.2. The molecule has 0 nitrogen and oxygen atoms in total. The van der Waals surface area contributed by atoms with Crippen molar-refractivity contribution in [3.05, 3.63) is 69.8 Å².